The molecule has 0 aliphatic rings. The first-order chi connectivity index (χ1) is 13.5. The number of phenols is 2. The monoisotopic (exact) mass is 372 g/mol. The zero-order chi connectivity index (χ0) is 19.9. The molecule has 2 N–H and O–H groups in total. The minimum Gasteiger partial charge on any atom is -0.507 e. The SMILES string of the molecule is CC(=NCc1cccc(CN=C(C)c2ccccc2O)c1)c1ccccc1O. The second-order valence-electron chi connectivity index (χ2n) is 6.66. The van der Waals surface area contributed by atoms with E-state index >= 15 is 0 Å². The summed E-state index contributed by atoms with van der Waals surface area (Å²) in [6.45, 7) is 4.88. The van der Waals surface area contributed by atoms with Crippen LogP contribution in [0.5, 0.6) is 11.5 Å². The average molecular weight is 372 g/mol. The molecular weight excluding hydrogens is 348 g/mol. The Morgan fingerprint density at radius 3 is 1.50 bits per heavy atom. The van der Waals surface area contributed by atoms with Crippen LogP contribution < -0.4 is 0 Å². The Balaban J connectivity index is 1.71. The van der Waals surface area contributed by atoms with E-state index in [1.165, 1.54) is 0 Å². The molecule has 3 rings (SSSR count). The summed E-state index contributed by atoms with van der Waals surface area (Å²) in [6, 6.07) is 22.6. The summed E-state index contributed by atoms with van der Waals surface area (Å²) in [7, 11) is 0. The molecular formula is C24H24N2O2. The molecule has 0 atom stereocenters. The summed E-state index contributed by atoms with van der Waals surface area (Å²) in [5.41, 5.74) is 5.28. The summed E-state index contributed by atoms with van der Waals surface area (Å²) in [5, 5.41) is 19.9. The molecule has 0 heterocycles. The Morgan fingerprint density at radius 2 is 1.07 bits per heavy atom. The summed E-state index contributed by atoms with van der Waals surface area (Å²) >= 11 is 0. The summed E-state index contributed by atoms with van der Waals surface area (Å²) in [6.07, 6.45) is 0. The molecule has 28 heavy (non-hydrogen) atoms. The van der Waals surface area contributed by atoms with Crippen LogP contribution in [0.1, 0.15) is 36.1 Å². The van der Waals surface area contributed by atoms with Gasteiger partial charge in [0.25, 0.3) is 0 Å². The van der Waals surface area contributed by atoms with Crippen molar-refractivity contribution < 1.29 is 10.2 Å². The summed E-state index contributed by atoms with van der Waals surface area (Å²) in [4.78, 5) is 9.22. The van der Waals surface area contributed by atoms with Crippen molar-refractivity contribution in [2.24, 2.45) is 9.98 Å². The molecule has 4 nitrogen and oxygen atoms in total. The molecule has 4 heteroatoms. The van der Waals surface area contributed by atoms with Crippen LogP contribution in [0.15, 0.2) is 82.8 Å². The van der Waals surface area contributed by atoms with Gasteiger partial charge in [-0.15, -0.1) is 0 Å². The first kappa shape index (κ1) is 19.4. The van der Waals surface area contributed by atoms with Gasteiger partial charge in [-0.1, -0.05) is 48.5 Å². The fraction of sp³-hybridized carbons (Fsp3) is 0.167. The molecule has 0 aromatic heterocycles. The second kappa shape index (κ2) is 9.00. The minimum atomic E-state index is 0.242. The number of aromatic hydroxyl groups is 2. The number of para-hydroxylation sites is 2. The van der Waals surface area contributed by atoms with Crippen LogP contribution >= 0.6 is 0 Å². The third kappa shape index (κ3) is 4.86. The van der Waals surface area contributed by atoms with E-state index in [0.717, 1.165) is 33.7 Å². The third-order valence-electron chi connectivity index (χ3n) is 4.58. The lowest BCUT2D eigenvalue weighted by molar-refractivity contribution is 0.473. The fourth-order valence-corrected chi connectivity index (χ4v) is 2.98. The molecule has 3 aromatic carbocycles. The zero-order valence-electron chi connectivity index (χ0n) is 16.1. The van der Waals surface area contributed by atoms with E-state index in [1.54, 1.807) is 24.3 Å². The Labute approximate surface area is 165 Å². The average Bonchev–Trinajstić information content (AvgIpc) is 2.71. The normalized spacial score (nSPS) is 12.2. The van der Waals surface area contributed by atoms with E-state index in [1.807, 2.05) is 56.3 Å². The number of phenolic OH excluding ortho intramolecular Hbond substituents is 2. The highest BCUT2D eigenvalue weighted by molar-refractivity contribution is 6.01. The predicted molar refractivity (Wildman–Crippen MR) is 114 cm³/mol. The van der Waals surface area contributed by atoms with E-state index in [9.17, 15) is 10.2 Å². The first-order valence-electron chi connectivity index (χ1n) is 9.21. The van der Waals surface area contributed by atoms with Crippen LogP contribution in [0.3, 0.4) is 0 Å². The zero-order valence-corrected chi connectivity index (χ0v) is 16.1. The van der Waals surface area contributed by atoms with E-state index in [4.69, 9.17) is 0 Å². The van der Waals surface area contributed by atoms with Crippen molar-refractivity contribution >= 4 is 11.4 Å². The molecule has 0 amide bonds. The Morgan fingerprint density at radius 1 is 0.643 bits per heavy atom. The molecule has 142 valence electrons. The van der Waals surface area contributed by atoms with Crippen molar-refractivity contribution in [2.45, 2.75) is 26.9 Å². The lowest BCUT2D eigenvalue weighted by Gasteiger charge is -2.06. The largest absolute Gasteiger partial charge is 0.507 e. The van der Waals surface area contributed by atoms with Crippen molar-refractivity contribution in [3.63, 3.8) is 0 Å². The lowest BCUT2D eigenvalue weighted by atomic mass is 10.1. The molecule has 0 bridgehead atoms. The number of aliphatic imine (C=N–C) groups is 2. The van der Waals surface area contributed by atoms with Crippen LogP contribution in [0, 0.1) is 0 Å². The highest BCUT2D eigenvalue weighted by Crippen LogP contribution is 2.19. The van der Waals surface area contributed by atoms with Crippen LogP contribution in [0.25, 0.3) is 0 Å². The molecule has 0 saturated carbocycles. The molecule has 3 aromatic rings. The first-order valence-corrected chi connectivity index (χ1v) is 9.21. The maximum Gasteiger partial charge on any atom is 0.124 e. The van der Waals surface area contributed by atoms with Crippen molar-refractivity contribution in [1.82, 2.24) is 0 Å². The Hall–Kier alpha value is -3.40. The van der Waals surface area contributed by atoms with Crippen LogP contribution in [0.4, 0.5) is 0 Å². The maximum absolute atomic E-state index is 9.94. The highest BCUT2D eigenvalue weighted by atomic mass is 16.3. The van der Waals surface area contributed by atoms with Crippen molar-refractivity contribution in [3.05, 3.63) is 95.1 Å². The molecule has 0 unspecified atom stereocenters. The van der Waals surface area contributed by atoms with Gasteiger partial charge in [-0.25, -0.2) is 0 Å². The van der Waals surface area contributed by atoms with E-state index in [0.29, 0.717) is 13.1 Å². The van der Waals surface area contributed by atoms with Gasteiger partial charge in [0.2, 0.25) is 0 Å². The number of rotatable bonds is 6. The quantitative estimate of drug-likeness (QED) is 0.590. The topological polar surface area (TPSA) is 65.2 Å². The van der Waals surface area contributed by atoms with Crippen molar-refractivity contribution in [3.8, 4) is 11.5 Å². The van der Waals surface area contributed by atoms with Gasteiger partial charge >= 0.3 is 0 Å². The van der Waals surface area contributed by atoms with Crippen molar-refractivity contribution in [2.75, 3.05) is 0 Å². The van der Waals surface area contributed by atoms with E-state index in [2.05, 4.69) is 16.1 Å². The number of hydrogen-bond acceptors (Lipinski definition) is 4. The Kier molecular flexibility index (Phi) is 6.22. The molecule has 0 saturated heterocycles. The maximum atomic E-state index is 9.94. The number of benzene rings is 3. The highest BCUT2D eigenvalue weighted by Gasteiger charge is 2.04. The molecule has 0 radical (unpaired) electrons. The van der Waals surface area contributed by atoms with Crippen LogP contribution in [0.2, 0.25) is 0 Å². The van der Waals surface area contributed by atoms with Crippen LogP contribution in [-0.2, 0) is 13.1 Å². The van der Waals surface area contributed by atoms with Gasteiger partial charge in [-0.05, 0) is 49.2 Å². The van der Waals surface area contributed by atoms with Gasteiger partial charge in [-0.2, -0.15) is 0 Å². The molecule has 0 aliphatic carbocycles. The lowest BCUT2D eigenvalue weighted by Crippen LogP contribution is -1.98. The summed E-state index contributed by atoms with van der Waals surface area (Å²) < 4.78 is 0. The van der Waals surface area contributed by atoms with Gasteiger partial charge in [0.1, 0.15) is 11.5 Å². The van der Waals surface area contributed by atoms with E-state index < -0.39 is 0 Å². The molecule has 0 spiro atoms. The van der Waals surface area contributed by atoms with Crippen molar-refractivity contribution in [1.29, 1.82) is 0 Å². The van der Waals surface area contributed by atoms with Gasteiger partial charge in [0.05, 0.1) is 13.1 Å². The van der Waals surface area contributed by atoms with Crippen LogP contribution in [-0.4, -0.2) is 21.6 Å². The van der Waals surface area contributed by atoms with E-state index in [-0.39, 0.29) is 11.5 Å². The predicted octanol–water partition coefficient (Wildman–Crippen LogP) is 5.12. The third-order valence-corrected chi connectivity index (χ3v) is 4.58. The molecule has 0 aliphatic heterocycles. The smallest absolute Gasteiger partial charge is 0.124 e. The minimum absolute atomic E-state index is 0.242. The van der Waals surface area contributed by atoms with Gasteiger partial charge < -0.3 is 10.2 Å². The van der Waals surface area contributed by atoms with Gasteiger partial charge in [-0.3, -0.25) is 9.98 Å². The molecule has 0 fully saturated rings. The number of hydrogen-bond donors (Lipinski definition) is 2. The number of nitrogens with zero attached hydrogens (tertiary/aromatic N) is 2. The van der Waals surface area contributed by atoms with Gasteiger partial charge in [0.15, 0.2) is 0 Å². The fourth-order valence-electron chi connectivity index (χ4n) is 2.98. The standard InChI is InChI=1S/C24H24N2O2/c1-17(21-10-3-5-12-23(21)27)25-15-19-8-7-9-20(14-19)16-26-18(2)22-11-4-6-13-24(22)28/h3-14,27-28H,15-16H2,1-2H3. The Bertz CT molecular complexity index is 944. The second-order valence-corrected chi connectivity index (χ2v) is 6.66. The van der Waals surface area contributed by atoms with Gasteiger partial charge in [0, 0.05) is 22.6 Å². The summed E-state index contributed by atoms with van der Waals surface area (Å²) in [5.74, 6) is 0.484.